The Morgan fingerprint density at radius 2 is 1.16 bits per heavy atom. The van der Waals surface area contributed by atoms with Crippen LogP contribution in [0.5, 0.6) is 0 Å². The van der Waals surface area contributed by atoms with Crippen LogP contribution in [0.1, 0.15) is 63.9 Å². The lowest BCUT2D eigenvalue weighted by molar-refractivity contribution is -0.0190. The molecular weight excluding hydrogens is 312 g/mol. The summed E-state index contributed by atoms with van der Waals surface area (Å²) in [5, 5.41) is 0.692. The number of hydrogen-bond acceptors (Lipinski definition) is 2. The fraction of sp³-hybridized carbons (Fsp3) is 0.619. The average molecular weight is 342 g/mol. The van der Waals surface area contributed by atoms with E-state index >= 15 is 0 Å². The number of nitrogens with zero attached hydrogens (tertiary/aromatic N) is 2. The molecule has 0 fully saturated rings. The van der Waals surface area contributed by atoms with E-state index in [4.69, 9.17) is 0 Å². The van der Waals surface area contributed by atoms with E-state index in [0.29, 0.717) is 10.9 Å². The van der Waals surface area contributed by atoms with Gasteiger partial charge in [0.25, 0.3) is 5.56 Å². The van der Waals surface area contributed by atoms with Gasteiger partial charge in [-0.2, -0.15) is 0 Å². The van der Waals surface area contributed by atoms with Crippen molar-refractivity contribution in [3.8, 4) is 0 Å². The van der Waals surface area contributed by atoms with Crippen molar-refractivity contribution in [2.75, 3.05) is 0 Å². The number of aryl methyl sites for hydroxylation is 1. The molecule has 0 bridgehead atoms. The van der Waals surface area contributed by atoms with Crippen LogP contribution in [0.15, 0.2) is 9.59 Å². The summed E-state index contributed by atoms with van der Waals surface area (Å²) >= 11 is 0. The van der Waals surface area contributed by atoms with Gasteiger partial charge in [0.1, 0.15) is 5.65 Å². The van der Waals surface area contributed by atoms with Crippen LogP contribution in [-0.4, -0.2) is 9.13 Å². The molecule has 25 heavy (non-hydrogen) atoms. The summed E-state index contributed by atoms with van der Waals surface area (Å²) < 4.78 is 4.11. The fourth-order valence-electron chi connectivity index (χ4n) is 4.56. The van der Waals surface area contributed by atoms with Gasteiger partial charge in [0, 0.05) is 27.8 Å². The van der Waals surface area contributed by atoms with Gasteiger partial charge in [-0.15, -0.1) is 0 Å². The van der Waals surface area contributed by atoms with Crippen LogP contribution in [0.25, 0.3) is 11.0 Å². The van der Waals surface area contributed by atoms with E-state index in [0.717, 1.165) is 22.5 Å². The fourth-order valence-corrected chi connectivity index (χ4v) is 4.56. The van der Waals surface area contributed by atoms with E-state index in [2.05, 4.69) is 46.1 Å². The van der Waals surface area contributed by atoms with Crippen LogP contribution < -0.4 is 11.0 Å². The van der Waals surface area contributed by atoms with E-state index < -0.39 is 5.54 Å². The van der Waals surface area contributed by atoms with E-state index in [1.807, 2.05) is 32.3 Å². The molecule has 0 atom stereocenters. The highest BCUT2D eigenvalue weighted by atomic mass is 16.1. The molecule has 136 valence electrons. The van der Waals surface area contributed by atoms with Crippen LogP contribution >= 0.6 is 0 Å². The standard InChI is InChI=1S/C21H30N2O2/c1-11-12(2)18(25)23-17-15(11)16(24)13(3)14(4)22(17)20(7,8)19(5,6)21(23,9)10/h1-10H3. The summed E-state index contributed by atoms with van der Waals surface area (Å²) in [6, 6.07) is 0. The molecule has 0 saturated heterocycles. The van der Waals surface area contributed by atoms with Crippen LogP contribution in [0, 0.1) is 33.1 Å². The molecule has 1 aliphatic rings. The van der Waals surface area contributed by atoms with Gasteiger partial charge in [0.05, 0.1) is 10.9 Å². The van der Waals surface area contributed by atoms with Crippen molar-refractivity contribution in [1.82, 2.24) is 9.13 Å². The van der Waals surface area contributed by atoms with Gasteiger partial charge in [0.2, 0.25) is 0 Å². The second kappa shape index (κ2) is 4.66. The number of rotatable bonds is 0. The van der Waals surface area contributed by atoms with Crippen molar-refractivity contribution in [3.05, 3.63) is 43.0 Å². The largest absolute Gasteiger partial charge is 0.325 e. The summed E-state index contributed by atoms with van der Waals surface area (Å²) in [4.78, 5) is 26.4. The third kappa shape index (κ3) is 1.73. The molecule has 0 saturated carbocycles. The molecule has 3 rings (SSSR count). The van der Waals surface area contributed by atoms with Gasteiger partial charge in [0.15, 0.2) is 5.43 Å². The Kier molecular flexibility index (Phi) is 3.35. The maximum atomic E-state index is 13.3. The minimum Gasteiger partial charge on any atom is -0.325 e. The maximum Gasteiger partial charge on any atom is 0.255 e. The second-order valence-electron chi connectivity index (χ2n) is 9.21. The summed E-state index contributed by atoms with van der Waals surface area (Å²) in [6.45, 7) is 20.7. The van der Waals surface area contributed by atoms with Crippen molar-refractivity contribution in [3.63, 3.8) is 0 Å². The number of aromatic nitrogens is 2. The van der Waals surface area contributed by atoms with Crippen molar-refractivity contribution in [1.29, 1.82) is 0 Å². The zero-order valence-electron chi connectivity index (χ0n) is 17.2. The van der Waals surface area contributed by atoms with E-state index in [9.17, 15) is 9.59 Å². The lowest BCUT2D eigenvalue weighted by atomic mass is 9.61. The van der Waals surface area contributed by atoms with Crippen LogP contribution in [0.3, 0.4) is 0 Å². The molecule has 0 aromatic carbocycles. The molecule has 1 aliphatic heterocycles. The minimum absolute atomic E-state index is 0.00924. The van der Waals surface area contributed by atoms with Crippen LogP contribution in [0.2, 0.25) is 0 Å². The van der Waals surface area contributed by atoms with Crippen molar-refractivity contribution in [2.24, 2.45) is 5.41 Å². The quantitative estimate of drug-likeness (QED) is 0.728. The van der Waals surface area contributed by atoms with Crippen molar-refractivity contribution in [2.45, 2.75) is 80.3 Å². The molecule has 0 radical (unpaired) electrons. The minimum atomic E-state index is -0.432. The van der Waals surface area contributed by atoms with Crippen LogP contribution in [0.4, 0.5) is 0 Å². The lowest BCUT2D eigenvalue weighted by Gasteiger charge is -2.58. The van der Waals surface area contributed by atoms with Crippen LogP contribution in [-0.2, 0) is 11.1 Å². The Balaban J connectivity index is 2.87. The second-order valence-corrected chi connectivity index (χ2v) is 9.21. The van der Waals surface area contributed by atoms with Gasteiger partial charge in [-0.3, -0.25) is 14.2 Å². The Morgan fingerprint density at radius 3 is 1.68 bits per heavy atom. The Morgan fingerprint density at radius 1 is 0.680 bits per heavy atom. The maximum absolute atomic E-state index is 13.3. The molecule has 2 aromatic rings. The first kappa shape index (κ1) is 18.0. The molecule has 4 heteroatoms. The Bertz CT molecular complexity index is 1050. The highest BCUT2D eigenvalue weighted by molar-refractivity contribution is 5.83. The molecule has 0 spiro atoms. The summed E-state index contributed by atoms with van der Waals surface area (Å²) in [6.07, 6.45) is 0. The van der Waals surface area contributed by atoms with Crippen molar-refractivity contribution >= 4 is 11.0 Å². The zero-order chi connectivity index (χ0) is 19.3. The zero-order valence-corrected chi connectivity index (χ0v) is 17.2. The molecule has 3 heterocycles. The predicted octanol–water partition coefficient (Wildman–Crippen LogP) is 3.91. The number of pyridine rings is 2. The van der Waals surface area contributed by atoms with Gasteiger partial charge < -0.3 is 4.57 Å². The molecule has 0 aliphatic carbocycles. The van der Waals surface area contributed by atoms with Gasteiger partial charge in [-0.1, -0.05) is 13.8 Å². The monoisotopic (exact) mass is 342 g/mol. The highest BCUT2D eigenvalue weighted by Crippen LogP contribution is 2.53. The highest BCUT2D eigenvalue weighted by Gasteiger charge is 2.55. The first-order valence-corrected chi connectivity index (χ1v) is 9.00. The van der Waals surface area contributed by atoms with E-state index in [1.54, 1.807) is 0 Å². The van der Waals surface area contributed by atoms with E-state index in [-0.39, 0.29) is 21.9 Å². The average Bonchev–Trinajstić information content (AvgIpc) is 2.48. The number of hydrogen-bond donors (Lipinski definition) is 0. The first-order chi connectivity index (χ1) is 11.2. The molecule has 4 nitrogen and oxygen atoms in total. The summed E-state index contributed by atoms with van der Waals surface area (Å²) in [5.41, 5.74) is 3.12. The topological polar surface area (TPSA) is 44.0 Å². The van der Waals surface area contributed by atoms with Crippen molar-refractivity contribution < 1.29 is 0 Å². The first-order valence-electron chi connectivity index (χ1n) is 9.00. The SMILES string of the molecule is Cc1c(C)n2c3c(c(C)c(C)c(=O)n3C(C)(C)C(C)(C)C2(C)C)c1=O. The molecule has 2 aromatic heterocycles. The summed E-state index contributed by atoms with van der Waals surface area (Å²) in [7, 11) is 0. The Labute approximate surface area is 149 Å². The predicted molar refractivity (Wildman–Crippen MR) is 104 cm³/mol. The normalized spacial score (nSPS) is 20.1. The lowest BCUT2D eigenvalue weighted by Crippen LogP contribution is -2.62. The van der Waals surface area contributed by atoms with Gasteiger partial charge in [-0.25, -0.2) is 0 Å². The van der Waals surface area contributed by atoms with Gasteiger partial charge >= 0.3 is 0 Å². The molecule has 0 N–H and O–H groups in total. The summed E-state index contributed by atoms with van der Waals surface area (Å²) in [5.74, 6) is 0. The van der Waals surface area contributed by atoms with Gasteiger partial charge in [-0.05, 0) is 61.0 Å². The Hall–Kier alpha value is -1.84. The molecule has 0 unspecified atom stereocenters. The third-order valence-corrected chi connectivity index (χ3v) is 7.73. The molecular formula is C21H30N2O2. The third-order valence-electron chi connectivity index (χ3n) is 7.73. The molecule has 0 amide bonds. The smallest absolute Gasteiger partial charge is 0.255 e. The van der Waals surface area contributed by atoms with E-state index in [1.165, 1.54) is 0 Å².